The third-order valence-corrected chi connectivity index (χ3v) is 7.47. The molecule has 2 aliphatic rings. The lowest BCUT2D eigenvalue weighted by molar-refractivity contribution is -0.113. The summed E-state index contributed by atoms with van der Waals surface area (Å²) in [5, 5.41) is -0.344. The maximum Gasteiger partial charge on any atom is 0.298 e. The number of anilines is 1. The van der Waals surface area contributed by atoms with Crippen LogP contribution in [0, 0.1) is 5.82 Å². The van der Waals surface area contributed by atoms with Crippen LogP contribution in [-0.2, 0) is 4.79 Å². The topological polar surface area (TPSA) is 62.3 Å². The van der Waals surface area contributed by atoms with E-state index in [1.54, 1.807) is 66.7 Å². The van der Waals surface area contributed by atoms with E-state index in [9.17, 15) is 14.0 Å². The van der Waals surface area contributed by atoms with E-state index in [4.69, 9.17) is 9.47 Å². The zero-order chi connectivity index (χ0) is 27.2. The van der Waals surface area contributed by atoms with E-state index in [1.165, 1.54) is 17.0 Å². The zero-order valence-electron chi connectivity index (χ0n) is 22.5. The summed E-state index contributed by atoms with van der Waals surface area (Å²) in [6.45, 7) is 6.02. The number of amides is 2. The predicted octanol–water partition coefficient (Wildman–Crippen LogP) is 6.72. The van der Waals surface area contributed by atoms with Gasteiger partial charge in [0.1, 0.15) is 23.1 Å². The minimum absolute atomic E-state index is 0. The quantitative estimate of drug-likeness (QED) is 0.195. The first kappa shape index (κ1) is 32.4. The molecule has 0 spiro atoms. The Morgan fingerprint density at radius 3 is 2.05 bits per heavy atom. The number of carbonyl (C=O) groups excluding carboxylic acids is 2. The second-order valence-corrected chi connectivity index (χ2v) is 10.5. The zero-order valence-corrected chi connectivity index (χ0v) is 25.0. The van der Waals surface area contributed by atoms with Crippen molar-refractivity contribution >= 4 is 59.5 Å². The fourth-order valence-electron chi connectivity index (χ4n) is 4.35. The van der Waals surface area contributed by atoms with Gasteiger partial charge in [-0.15, -0.1) is 24.8 Å². The smallest absolute Gasteiger partial charge is 0.298 e. The van der Waals surface area contributed by atoms with Gasteiger partial charge in [-0.1, -0.05) is 12.1 Å². The molecule has 0 saturated carbocycles. The van der Waals surface area contributed by atoms with Gasteiger partial charge in [0.05, 0.1) is 17.2 Å². The Balaban J connectivity index is 0.00000231. The van der Waals surface area contributed by atoms with Gasteiger partial charge in [-0.25, -0.2) is 9.29 Å². The second kappa shape index (κ2) is 15.2. The monoisotopic (exact) mass is 619 g/mol. The molecule has 0 unspecified atom stereocenters. The first-order chi connectivity index (χ1) is 18.9. The van der Waals surface area contributed by atoms with Gasteiger partial charge >= 0.3 is 0 Å². The molecule has 0 radical (unpaired) electrons. The maximum absolute atomic E-state index is 13.1. The summed E-state index contributed by atoms with van der Waals surface area (Å²) >= 11 is 0.907. The van der Waals surface area contributed by atoms with Crippen LogP contribution in [0.5, 0.6) is 17.2 Å². The van der Waals surface area contributed by atoms with Crippen LogP contribution in [0.3, 0.4) is 0 Å². The summed E-state index contributed by atoms with van der Waals surface area (Å²) in [6, 6.07) is 19.9. The van der Waals surface area contributed by atoms with Crippen molar-refractivity contribution in [2.75, 3.05) is 51.3 Å². The van der Waals surface area contributed by atoms with Gasteiger partial charge in [0, 0.05) is 32.7 Å². The average Bonchev–Trinajstić information content (AvgIpc) is 3.22. The fraction of sp³-hybridized carbons (Fsp3) is 0.267. The highest BCUT2D eigenvalue weighted by atomic mass is 35.5. The highest BCUT2D eigenvalue weighted by Crippen LogP contribution is 2.36. The predicted molar refractivity (Wildman–Crippen MR) is 166 cm³/mol. The molecule has 7 nitrogen and oxygen atoms in total. The number of hydrogen-bond donors (Lipinski definition) is 0. The molecule has 2 amide bonds. The first-order valence-electron chi connectivity index (χ1n) is 12.9. The summed E-state index contributed by atoms with van der Waals surface area (Å²) in [7, 11) is 2.15. The highest BCUT2D eigenvalue weighted by Gasteiger charge is 2.36. The summed E-state index contributed by atoms with van der Waals surface area (Å²) in [5.74, 6) is 1.11. The SMILES string of the molecule is CN1CCN(CCCOc2ccc(N3C(=O)SC(=Cc4ccc(Oc5ccc(F)cc5)cc4)C3=O)cc2)CC1.Cl.Cl. The van der Waals surface area contributed by atoms with Crippen molar-refractivity contribution in [1.29, 1.82) is 0 Å². The van der Waals surface area contributed by atoms with Crippen molar-refractivity contribution in [3.63, 3.8) is 0 Å². The summed E-state index contributed by atoms with van der Waals surface area (Å²) in [5.41, 5.74) is 1.26. The van der Waals surface area contributed by atoms with Crippen molar-refractivity contribution < 1.29 is 23.5 Å². The summed E-state index contributed by atoms with van der Waals surface area (Å²) in [6.07, 6.45) is 2.63. The molecule has 41 heavy (non-hydrogen) atoms. The van der Waals surface area contributed by atoms with Gasteiger partial charge in [-0.3, -0.25) is 9.59 Å². The lowest BCUT2D eigenvalue weighted by atomic mass is 10.2. The number of nitrogens with zero attached hydrogens (tertiary/aromatic N) is 3. The molecule has 0 atom stereocenters. The normalized spacial score (nSPS) is 16.8. The van der Waals surface area contributed by atoms with Gasteiger partial charge in [-0.05, 0) is 97.5 Å². The number of imide groups is 1. The summed E-state index contributed by atoms with van der Waals surface area (Å²) < 4.78 is 24.7. The molecule has 3 aromatic rings. The van der Waals surface area contributed by atoms with E-state index >= 15 is 0 Å². The van der Waals surface area contributed by atoms with Crippen LogP contribution in [-0.4, -0.2) is 67.3 Å². The van der Waals surface area contributed by atoms with Gasteiger partial charge in [0.25, 0.3) is 11.1 Å². The molecule has 0 aromatic heterocycles. The Bertz CT molecular complexity index is 1330. The summed E-state index contributed by atoms with van der Waals surface area (Å²) in [4.78, 5) is 32.0. The van der Waals surface area contributed by atoms with E-state index in [0.29, 0.717) is 34.4 Å². The molecule has 0 N–H and O–H groups in total. The molecular weight excluding hydrogens is 588 g/mol. The molecular formula is C30H32Cl2FN3O4S. The van der Waals surface area contributed by atoms with Crippen molar-refractivity contribution in [1.82, 2.24) is 9.80 Å². The molecule has 2 fully saturated rings. The first-order valence-corrected chi connectivity index (χ1v) is 13.7. The largest absolute Gasteiger partial charge is 0.494 e. The van der Waals surface area contributed by atoms with Gasteiger partial charge in [-0.2, -0.15) is 0 Å². The fourth-order valence-corrected chi connectivity index (χ4v) is 5.19. The molecule has 11 heteroatoms. The average molecular weight is 621 g/mol. The molecule has 0 aliphatic carbocycles. The maximum atomic E-state index is 13.1. The minimum Gasteiger partial charge on any atom is -0.494 e. The van der Waals surface area contributed by atoms with E-state index in [1.807, 2.05) is 0 Å². The van der Waals surface area contributed by atoms with Gasteiger partial charge in [0.15, 0.2) is 0 Å². The van der Waals surface area contributed by atoms with Crippen LogP contribution in [0.25, 0.3) is 6.08 Å². The van der Waals surface area contributed by atoms with Gasteiger partial charge in [0.2, 0.25) is 0 Å². The van der Waals surface area contributed by atoms with E-state index in [-0.39, 0.29) is 41.8 Å². The Morgan fingerprint density at radius 2 is 1.41 bits per heavy atom. The van der Waals surface area contributed by atoms with Crippen molar-refractivity contribution in [3.8, 4) is 17.2 Å². The lowest BCUT2D eigenvalue weighted by Crippen LogP contribution is -2.44. The van der Waals surface area contributed by atoms with Crippen molar-refractivity contribution in [2.45, 2.75) is 6.42 Å². The van der Waals surface area contributed by atoms with E-state index in [0.717, 1.165) is 56.5 Å². The van der Waals surface area contributed by atoms with Crippen LogP contribution in [0.4, 0.5) is 14.9 Å². The molecule has 0 bridgehead atoms. The van der Waals surface area contributed by atoms with E-state index in [2.05, 4.69) is 16.8 Å². The van der Waals surface area contributed by atoms with Crippen molar-refractivity contribution in [2.24, 2.45) is 0 Å². The molecule has 5 rings (SSSR count). The number of piperazine rings is 1. The third kappa shape index (κ3) is 8.70. The third-order valence-electron chi connectivity index (χ3n) is 6.60. The van der Waals surface area contributed by atoms with Crippen LogP contribution < -0.4 is 14.4 Å². The van der Waals surface area contributed by atoms with Crippen LogP contribution >= 0.6 is 36.6 Å². The van der Waals surface area contributed by atoms with Crippen LogP contribution in [0.1, 0.15) is 12.0 Å². The molecule has 2 heterocycles. The van der Waals surface area contributed by atoms with E-state index < -0.39 is 0 Å². The Kier molecular flexibility index (Phi) is 12.1. The number of likely N-dealkylation sites (N-methyl/N-ethyl adjacent to an activating group) is 1. The Labute approximate surface area is 256 Å². The highest BCUT2D eigenvalue weighted by molar-refractivity contribution is 8.19. The second-order valence-electron chi connectivity index (χ2n) is 9.48. The van der Waals surface area contributed by atoms with Crippen molar-refractivity contribution in [3.05, 3.63) is 89.1 Å². The minimum atomic E-state index is -0.363. The number of hydrogen-bond acceptors (Lipinski definition) is 7. The Hall–Kier alpha value is -3.08. The number of halogens is 3. The lowest BCUT2D eigenvalue weighted by Gasteiger charge is -2.32. The molecule has 2 saturated heterocycles. The number of carbonyl (C=O) groups is 2. The molecule has 218 valence electrons. The number of rotatable bonds is 9. The molecule has 2 aliphatic heterocycles. The molecule has 3 aromatic carbocycles. The van der Waals surface area contributed by atoms with Gasteiger partial charge < -0.3 is 19.3 Å². The Morgan fingerprint density at radius 1 is 0.829 bits per heavy atom. The van der Waals surface area contributed by atoms with Crippen LogP contribution in [0.2, 0.25) is 0 Å². The van der Waals surface area contributed by atoms with Crippen LogP contribution in [0.15, 0.2) is 77.7 Å². The standard InChI is InChI=1S/C30H30FN3O4S.2ClH/c1-32-16-18-33(19-17-32)15-2-20-37-25-13-7-24(8-14-25)34-29(35)28(39-30(34)36)21-22-3-9-26(10-4-22)38-27-11-5-23(31)6-12-27;;/h3-14,21H,2,15-20H2,1H3;2*1H. The number of ether oxygens (including phenoxy) is 2. The number of thioether (sulfide) groups is 1. The number of benzene rings is 3.